The zero-order chi connectivity index (χ0) is 11.2. The lowest BCUT2D eigenvalue weighted by Crippen LogP contribution is -2.38. The molecule has 84 valence electrons. The highest BCUT2D eigenvalue weighted by atomic mass is 16.5. The SMILES string of the molecule is CC(C)(C)OCC[C@H](CO)NC(=O)O. The van der Waals surface area contributed by atoms with E-state index in [1.54, 1.807) is 0 Å². The highest BCUT2D eigenvalue weighted by Crippen LogP contribution is 2.07. The molecular formula is C9H19NO4. The van der Waals surface area contributed by atoms with Crippen molar-refractivity contribution in [3.63, 3.8) is 0 Å². The van der Waals surface area contributed by atoms with Crippen molar-refractivity contribution >= 4 is 6.09 Å². The van der Waals surface area contributed by atoms with Crippen LogP contribution < -0.4 is 5.32 Å². The van der Waals surface area contributed by atoms with E-state index in [1.807, 2.05) is 20.8 Å². The molecule has 5 heteroatoms. The molecular weight excluding hydrogens is 186 g/mol. The summed E-state index contributed by atoms with van der Waals surface area (Å²) < 4.78 is 5.40. The van der Waals surface area contributed by atoms with Crippen LogP contribution in [0.4, 0.5) is 4.79 Å². The fraction of sp³-hybridized carbons (Fsp3) is 0.889. The Hall–Kier alpha value is -0.810. The first-order chi connectivity index (χ1) is 6.35. The van der Waals surface area contributed by atoms with Crippen LogP contribution in [0.25, 0.3) is 0 Å². The lowest BCUT2D eigenvalue weighted by molar-refractivity contribution is -0.00895. The van der Waals surface area contributed by atoms with E-state index < -0.39 is 12.1 Å². The van der Waals surface area contributed by atoms with Gasteiger partial charge in [-0.25, -0.2) is 4.79 Å². The molecule has 0 rings (SSSR count). The predicted octanol–water partition coefficient (Wildman–Crippen LogP) is 0.820. The second-order valence-corrected chi connectivity index (χ2v) is 4.08. The fourth-order valence-corrected chi connectivity index (χ4v) is 0.891. The first-order valence-corrected chi connectivity index (χ1v) is 4.59. The summed E-state index contributed by atoms with van der Waals surface area (Å²) >= 11 is 0. The number of amides is 1. The molecule has 5 nitrogen and oxygen atoms in total. The van der Waals surface area contributed by atoms with Crippen molar-refractivity contribution in [2.45, 2.75) is 38.8 Å². The molecule has 0 aliphatic heterocycles. The van der Waals surface area contributed by atoms with Crippen LogP contribution in [-0.2, 0) is 4.74 Å². The van der Waals surface area contributed by atoms with E-state index >= 15 is 0 Å². The molecule has 0 saturated carbocycles. The van der Waals surface area contributed by atoms with Gasteiger partial charge in [-0.3, -0.25) is 0 Å². The molecule has 0 aromatic heterocycles. The van der Waals surface area contributed by atoms with E-state index in [2.05, 4.69) is 5.32 Å². The number of carbonyl (C=O) groups is 1. The van der Waals surface area contributed by atoms with Gasteiger partial charge in [-0.15, -0.1) is 0 Å². The number of aliphatic hydroxyl groups is 1. The molecule has 0 fully saturated rings. The Morgan fingerprint density at radius 3 is 2.43 bits per heavy atom. The smallest absolute Gasteiger partial charge is 0.404 e. The largest absolute Gasteiger partial charge is 0.465 e. The highest BCUT2D eigenvalue weighted by Gasteiger charge is 2.13. The normalized spacial score (nSPS) is 13.7. The topological polar surface area (TPSA) is 78.8 Å². The number of hydrogen-bond donors (Lipinski definition) is 3. The summed E-state index contributed by atoms with van der Waals surface area (Å²) in [7, 11) is 0. The maximum atomic E-state index is 10.3. The summed E-state index contributed by atoms with van der Waals surface area (Å²) in [6.45, 7) is 5.98. The molecule has 0 aromatic carbocycles. The molecule has 3 N–H and O–H groups in total. The third kappa shape index (κ3) is 7.82. The number of nitrogens with one attached hydrogen (secondary N) is 1. The molecule has 1 atom stereocenters. The minimum absolute atomic E-state index is 0.209. The Balaban J connectivity index is 3.68. The number of carboxylic acid groups (broad SMARTS) is 1. The number of ether oxygens (including phenoxy) is 1. The fourth-order valence-electron chi connectivity index (χ4n) is 0.891. The lowest BCUT2D eigenvalue weighted by atomic mass is 10.2. The van der Waals surface area contributed by atoms with Gasteiger partial charge in [0.25, 0.3) is 0 Å². The Morgan fingerprint density at radius 1 is 1.50 bits per heavy atom. The van der Waals surface area contributed by atoms with Gasteiger partial charge in [0.15, 0.2) is 0 Å². The second kappa shape index (κ2) is 5.82. The maximum Gasteiger partial charge on any atom is 0.404 e. The molecule has 1 amide bonds. The van der Waals surface area contributed by atoms with Crippen LogP contribution in [0.1, 0.15) is 27.2 Å². The van der Waals surface area contributed by atoms with E-state index in [4.69, 9.17) is 14.9 Å². The number of rotatable bonds is 5. The first kappa shape index (κ1) is 13.2. The lowest BCUT2D eigenvalue weighted by Gasteiger charge is -2.21. The van der Waals surface area contributed by atoms with Gasteiger partial charge in [0.2, 0.25) is 0 Å². The molecule has 0 aliphatic carbocycles. The van der Waals surface area contributed by atoms with E-state index in [9.17, 15) is 4.79 Å². The maximum absolute atomic E-state index is 10.3. The van der Waals surface area contributed by atoms with Crippen molar-refractivity contribution in [1.82, 2.24) is 5.32 Å². The predicted molar refractivity (Wildman–Crippen MR) is 52.4 cm³/mol. The third-order valence-corrected chi connectivity index (χ3v) is 1.55. The van der Waals surface area contributed by atoms with Crippen LogP contribution >= 0.6 is 0 Å². The molecule has 0 aliphatic rings. The minimum Gasteiger partial charge on any atom is -0.465 e. The summed E-state index contributed by atoms with van der Waals surface area (Å²) in [5.41, 5.74) is -0.233. The number of aliphatic hydroxyl groups excluding tert-OH is 1. The van der Waals surface area contributed by atoms with Gasteiger partial charge in [-0.1, -0.05) is 0 Å². The van der Waals surface area contributed by atoms with Crippen molar-refractivity contribution in [1.29, 1.82) is 0 Å². The summed E-state index contributed by atoms with van der Waals surface area (Å²) in [5.74, 6) is 0. The van der Waals surface area contributed by atoms with Gasteiger partial charge in [-0.05, 0) is 27.2 Å². The Kier molecular flexibility index (Phi) is 5.49. The molecule has 0 saturated heterocycles. The standard InChI is InChI=1S/C9H19NO4/c1-9(2,3)14-5-4-7(6-11)10-8(12)13/h7,10-11H,4-6H2,1-3H3,(H,12,13)/t7-/m1/s1. The van der Waals surface area contributed by atoms with Crippen LogP contribution in [0, 0.1) is 0 Å². The van der Waals surface area contributed by atoms with Crippen molar-refractivity contribution in [3.05, 3.63) is 0 Å². The van der Waals surface area contributed by atoms with Crippen molar-refractivity contribution in [3.8, 4) is 0 Å². The molecule has 14 heavy (non-hydrogen) atoms. The Labute approximate surface area is 84.1 Å². The van der Waals surface area contributed by atoms with Crippen molar-refractivity contribution in [2.24, 2.45) is 0 Å². The van der Waals surface area contributed by atoms with Gasteiger partial charge < -0.3 is 20.3 Å². The molecule has 0 aromatic rings. The van der Waals surface area contributed by atoms with Crippen LogP contribution in [0.2, 0.25) is 0 Å². The monoisotopic (exact) mass is 205 g/mol. The second-order valence-electron chi connectivity index (χ2n) is 4.08. The summed E-state index contributed by atoms with van der Waals surface area (Å²) in [6, 6.07) is -0.449. The van der Waals surface area contributed by atoms with E-state index in [1.165, 1.54) is 0 Å². The summed E-state index contributed by atoms with van der Waals surface area (Å²) in [4.78, 5) is 10.3. The Morgan fingerprint density at radius 2 is 2.07 bits per heavy atom. The van der Waals surface area contributed by atoms with E-state index in [0.29, 0.717) is 13.0 Å². The Bertz CT molecular complexity index is 176. The molecule has 0 unspecified atom stereocenters. The summed E-state index contributed by atoms with van der Waals surface area (Å²) in [5, 5.41) is 19.4. The van der Waals surface area contributed by atoms with Crippen LogP contribution in [0.5, 0.6) is 0 Å². The first-order valence-electron chi connectivity index (χ1n) is 4.59. The van der Waals surface area contributed by atoms with Gasteiger partial charge >= 0.3 is 6.09 Å². The molecule has 0 heterocycles. The average molecular weight is 205 g/mol. The van der Waals surface area contributed by atoms with Gasteiger partial charge in [0, 0.05) is 6.61 Å². The summed E-state index contributed by atoms with van der Waals surface area (Å²) in [6.07, 6.45) is -0.653. The molecule has 0 spiro atoms. The molecule has 0 radical (unpaired) electrons. The van der Waals surface area contributed by atoms with Crippen LogP contribution in [-0.4, -0.2) is 41.2 Å². The van der Waals surface area contributed by atoms with E-state index in [0.717, 1.165) is 0 Å². The zero-order valence-corrected chi connectivity index (χ0v) is 8.91. The quantitative estimate of drug-likeness (QED) is 0.621. The van der Waals surface area contributed by atoms with Gasteiger partial charge in [-0.2, -0.15) is 0 Å². The van der Waals surface area contributed by atoms with Crippen molar-refractivity contribution in [2.75, 3.05) is 13.2 Å². The van der Waals surface area contributed by atoms with Crippen molar-refractivity contribution < 1.29 is 19.7 Å². The highest BCUT2D eigenvalue weighted by molar-refractivity contribution is 5.64. The van der Waals surface area contributed by atoms with E-state index in [-0.39, 0.29) is 12.2 Å². The minimum atomic E-state index is -1.13. The number of hydrogen-bond acceptors (Lipinski definition) is 3. The zero-order valence-electron chi connectivity index (χ0n) is 8.91. The third-order valence-electron chi connectivity index (χ3n) is 1.55. The average Bonchev–Trinajstić information content (AvgIpc) is 1.99. The van der Waals surface area contributed by atoms with Gasteiger partial charge in [0.1, 0.15) is 0 Å². The van der Waals surface area contributed by atoms with Crippen LogP contribution in [0.3, 0.4) is 0 Å². The van der Waals surface area contributed by atoms with Gasteiger partial charge in [0.05, 0.1) is 18.2 Å². The van der Waals surface area contributed by atoms with Crippen LogP contribution in [0.15, 0.2) is 0 Å². The molecule has 0 bridgehead atoms.